The fraction of sp³-hybridized carbons (Fsp3) is 0.0196. The van der Waals surface area contributed by atoms with E-state index in [0.29, 0.717) is 11.1 Å². The molecule has 0 saturated carbocycles. The monoisotopic (exact) mass is 682 g/mol. The lowest BCUT2D eigenvalue weighted by atomic mass is 9.67. The summed E-state index contributed by atoms with van der Waals surface area (Å²) in [6.07, 6.45) is 0. The highest BCUT2D eigenvalue weighted by Gasteiger charge is 2.46. The van der Waals surface area contributed by atoms with Gasteiger partial charge in [0.2, 0.25) is 0 Å². The van der Waals surface area contributed by atoms with Crippen LogP contribution in [0.25, 0.3) is 54.6 Å². The number of anilines is 3. The van der Waals surface area contributed by atoms with Crippen LogP contribution in [-0.2, 0) is 5.41 Å². The molecule has 2 nitrogen and oxygen atoms in total. The molecule has 0 radical (unpaired) electrons. The zero-order valence-corrected chi connectivity index (χ0v) is 28.4. The first-order valence-corrected chi connectivity index (χ1v) is 17.7. The second-order valence-electron chi connectivity index (χ2n) is 13.5. The largest absolute Gasteiger partial charge is 0.456 e. The third kappa shape index (κ3) is 4.39. The molecule has 10 aromatic rings. The van der Waals surface area contributed by atoms with Crippen LogP contribution in [0, 0.1) is 0 Å². The van der Waals surface area contributed by atoms with Gasteiger partial charge in [0.25, 0.3) is 0 Å². The van der Waals surface area contributed by atoms with Crippen LogP contribution in [0.15, 0.2) is 204 Å². The second kappa shape index (κ2) is 11.6. The highest BCUT2D eigenvalue weighted by Crippen LogP contribution is 2.58. The van der Waals surface area contributed by atoms with Crippen LogP contribution < -0.4 is 4.90 Å². The molecule has 53 heavy (non-hydrogen) atoms. The zero-order valence-electron chi connectivity index (χ0n) is 35.4. The number of benzene rings is 9. The summed E-state index contributed by atoms with van der Waals surface area (Å²) >= 11 is 0. The number of furan rings is 1. The molecule has 248 valence electrons. The van der Waals surface area contributed by atoms with Gasteiger partial charge in [-0.25, -0.2) is 0 Å². The molecule has 0 aliphatic heterocycles. The van der Waals surface area contributed by atoms with Crippen LogP contribution in [0.1, 0.15) is 31.8 Å². The quantitative estimate of drug-likeness (QED) is 0.180. The van der Waals surface area contributed by atoms with Crippen molar-refractivity contribution in [1.29, 1.82) is 0 Å². The molecule has 1 aliphatic carbocycles. The number of hydrogen-bond acceptors (Lipinski definition) is 2. The molecule has 9 aromatic carbocycles. The molecule has 1 aromatic heterocycles. The fourth-order valence-corrected chi connectivity index (χ4v) is 8.47. The first-order chi connectivity index (χ1) is 29.2. The lowest BCUT2D eigenvalue weighted by Gasteiger charge is -2.34. The van der Waals surface area contributed by atoms with Gasteiger partial charge in [0.15, 0.2) is 0 Å². The van der Waals surface area contributed by atoms with E-state index >= 15 is 0 Å². The summed E-state index contributed by atoms with van der Waals surface area (Å²) in [7, 11) is 0. The maximum Gasteiger partial charge on any atom is 0.135 e. The molecular formula is C51H33NO. The molecule has 1 aliphatic rings. The molecule has 0 saturated heterocycles. The van der Waals surface area contributed by atoms with Gasteiger partial charge in [-0.05, 0) is 98.0 Å². The predicted octanol–water partition coefficient (Wildman–Crippen LogP) is 13.7. The van der Waals surface area contributed by atoms with E-state index in [4.69, 9.17) is 9.90 Å². The summed E-state index contributed by atoms with van der Waals surface area (Å²) in [4.78, 5) is 2.24. The SMILES string of the molecule is [2H]c1c([2H])c([2H])c2c([2H])c(C3(c4ccc5c(c4)oc4ccccc45)c4ccccc4-c4cc(N(c5ccccc5)c5cccc6ccccc56)ccc43)c([2H])c([2H])c2c1[2H]. The molecular weight excluding hydrogens is 643 g/mol. The topological polar surface area (TPSA) is 16.4 Å². The molecule has 2 heteroatoms. The van der Waals surface area contributed by atoms with Gasteiger partial charge in [-0.3, -0.25) is 0 Å². The van der Waals surface area contributed by atoms with E-state index < -0.39 is 29.6 Å². The third-order valence-corrected chi connectivity index (χ3v) is 10.7. The molecule has 0 amide bonds. The van der Waals surface area contributed by atoms with Crippen molar-refractivity contribution in [3.05, 3.63) is 222 Å². The smallest absolute Gasteiger partial charge is 0.135 e. The molecule has 11 rings (SSSR count). The van der Waals surface area contributed by atoms with Crippen LogP contribution in [0.4, 0.5) is 17.1 Å². The van der Waals surface area contributed by atoms with Crippen molar-refractivity contribution in [2.45, 2.75) is 5.41 Å². The molecule has 0 bridgehead atoms. The summed E-state index contributed by atoms with van der Waals surface area (Å²) in [5, 5.41) is 3.82. The van der Waals surface area contributed by atoms with E-state index in [1.807, 2.05) is 97.1 Å². The maximum atomic E-state index is 9.98. The third-order valence-electron chi connectivity index (χ3n) is 10.7. The molecule has 1 unspecified atom stereocenters. The molecule has 0 fully saturated rings. The second-order valence-corrected chi connectivity index (χ2v) is 13.5. The number of fused-ring (bicyclic) bond motifs is 8. The van der Waals surface area contributed by atoms with E-state index in [2.05, 4.69) is 65.6 Å². The Labute approximate surface area is 317 Å². The van der Waals surface area contributed by atoms with Gasteiger partial charge in [-0.15, -0.1) is 0 Å². The first kappa shape index (κ1) is 23.6. The maximum absolute atomic E-state index is 9.98. The summed E-state index contributed by atoms with van der Waals surface area (Å²) in [6, 6.07) is 50.2. The van der Waals surface area contributed by atoms with E-state index in [1.165, 1.54) is 0 Å². The van der Waals surface area contributed by atoms with Gasteiger partial charge in [0.05, 0.1) is 20.7 Å². The van der Waals surface area contributed by atoms with Gasteiger partial charge in [0.1, 0.15) is 11.2 Å². The summed E-state index contributed by atoms with van der Waals surface area (Å²) in [5.74, 6) is 0. The zero-order chi connectivity index (χ0) is 41.0. The Hall–Kier alpha value is -6.90. The van der Waals surface area contributed by atoms with Crippen LogP contribution in [0.2, 0.25) is 0 Å². The summed E-state index contributed by atoms with van der Waals surface area (Å²) < 4.78 is 70.6. The molecule has 1 heterocycles. The number of nitrogens with zero attached hydrogens (tertiary/aromatic N) is 1. The first-order valence-electron chi connectivity index (χ1n) is 21.2. The van der Waals surface area contributed by atoms with Gasteiger partial charge < -0.3 is 9.32 Å². The van der Waals surface area contributed by atoms with Crippen LogP contribution in [0.3, 0.4) is 0 Å². The van der Waals surface area contributed by atoms with Gasteiger partial charge in [-0.2, -0.15) is 0 Å². The van der Waals surface area contributed by atoms with E-state index in [-0.39, 0.29) is 34.5 Å². The highest BCUT2D eigenvalue weighted by molar-refractivity contribution is 6.05. The fourth-order valence-electron chi connectivity index (χ4n) is 8.47. The van der Waals surface area contributed by atoms with Crippen molar-refractivity contribution < 1.29 is 14.0 Å². The van der Waals surface area contributed by atoms with Crippen molar-refractivity contribution in [2.75, 3.05) is 4.90 Å². The minimum atomic E-state index is -1.39. The number of rotatable bonds is 5. The predicted molar refractivity (Wildman–Crippen MR) is 221 cm³/mol. The molecule has 0 spiro atoms. The Morgan fingerprint density at radius 2 is 1.19 bits per heavy atom. The minimum Gasteiger partial charge on any atom is -0.456 e. The minimum absolute atomic E-state index is 0.0880. The van der Waals surface area contributed by atoms with Crippen molar-refractivity contribution in [2.24, 2.45) is 0 Å². The Balaban J connectivity index is 1.27. The Bertz CT molecular complexity index is 3430. The average molecular weight is 683 g/mol. The Morgan fingerprint density at radius 1 is 0.453 bits per heavy atom. The summed E-state index contributed by atoms with van der Waals surface area (Å²) in [5.41, 5.74) is 6.97. The Kier molecular flexibility index (Phi) is 5.14. The van der Waals surface area contributed by atoms with Crippen molar-refractivity contribution >= 4 is 60.5 Å². The Morgan fingerprint density at radius 3 is 2.11 bits per heavy atom. The van der Waals surface area contributed by atoms with Crippen LogP contribution in [-0.4, -0.2) is 0 Å². The lowest BCUT2D eigenvalue weighted by molar-refractivity contribution is 0.665. The highest BCUT2D eigenvalue weighted by atomic mass is 16.3. The van der Waals surface area contributed by atoms with Crippen molar-refractivity contribution in [1.82, 2.24) is 0 Å². The number of hydrogen-bond donors (Lipinski definition) is 0. The summed E-state index contributed by atoms with van der Waals surface area (Å²) in [6.45, 7) is 0. The molecule has 1 atom stereocenters. The molecule has 0 N–H and O–H groups in total. The standard InChI is InChI=1S/C51H33NO/c1-2-17-39(18-3-1)52(48-23-12-16-35-14-6-7-19-41(35)48)40-28-30-47-45(33-40)42-20-8-10-22-46(42)51(47,37-26-25-34-13-4-5-15-36(34)31-37)38-27-29-44-43-21-9-11-24-49(43)53-50(44)32-38/h1-33H/i4D,5D,13D,15D,25D,26D,31D. The van der Waals surface area contributed by atoms with Crippen LogP contribution >= 0.6 is 0 Å². The normalized spacial score (nSPS) is 16.7. The average Bonchev–Trinajstić information content (AvgIpc) is 3.80. The van der Waals surface area contributed by atoms with Gasteiger partial charge >= 0.3 is 0 Å². The van der Waals surface area contributed by atoms with Gasteiger partial charge in [-0.1, -0.05) is 152 Å². The van der Waals surface area contributed by atoms with E-state index in [0.717, 1.165) is 66.4 Å². The van der Waals surface area contributed by atoms with Crippen LogP contribution in [0.5, 0.6) is 0 Å². The van der Waals surface area contributed by atoms with Crippen molar-refractivity contribution in [3.8, 4) is 11.1 Å². The lowest BCUT2D eigenvalue weighted by Crippen LogP contribution is -2.28. The number of para-hydroxylation sites is 2. The van der Waals surface area contributed by atoms with Gasteiger partial charge in [0, 0.05) is 27.5 Å². The van der Waals surface area contributed by atoms with Crippen molar-refractivity contribution in [3.63, 3.8) is 0 Å². The van der Waals surface area contributed by atoms with E-state index in [9.17, 15) is 4.11 Å². The van der Waals surface area contributed by atoms with E-state index in [1.54, 1.807) is 0 Å².